The molecular formula is C15H30O5S5. The molecule has 2 atom stereocenters. The summed E-state index contributed by atoms with van der Waals surface area (Å²) in [4.78, 5) is 12.5. The number of carbonyl (C=O) groups is 1. The highest BCUT2D eigenvalue weighted by atomic mass is 32.2. The molecule has 2 unspecified atom stereocenters. The highest BCUT2D eigenvalue weighted by Gasteiger charge is 2.39. The first-order valence-corrected chi connectivity index (χ1v) is 10.6. The van der Waals surface area contributed by atoms with Crippen molar-refractivity contribution in [3.63, 3.8) is 0 Å². The number of ether oxygens (including phenoxy) is 1. The van der Waals surface area contributed by atoms with Gasteiger partial charge in [-0.3, -0.25) is 4.79 Å². The zero-order chi connectivity index (χ0) is 19.5. The Morgan fingerprint density at radius 1 is 0.960 bits per heavy atom. The molecule has 150 valence electrons. The lowest BCUT2D eigenvalue weighted by atomic mass is 9.83. The van der Waals surface area contributed by atoms with E-state index in [1.54, 1.807) is 0 Å². The summed E-state index contributed by atoms with van der Waals surface area (Å²) in [5, 5.41) is 28.2. The smallest absolute Gasteiger partial charge is 0.313 e. The van der Waals surface area contributed by atoms with Crippen LogP contribution >= 0.6 is 63.1 Å². The van der Waals surface area contributed by atoms with Gasteiger partial charge in [0.15, 0.2) is 0 Å². The molecule has 0 saturated heterocycles. The minimum absolute atomic E-state index is 0.192. The first-order valence-electron chi connectivity index (χ1n) is 8.15. The normalized spacial score (nSPS) is 15.0. The minimum atomic E-state index is -1.25. The van der Waals surface area contributed by atoms with Gasteiger partial charge >= 0.3 is 5.97 Å². The van der Waals surface area contributed by atoms with Gasteiger partial charge in [-0.25, -0.2) is 0 Å². The summed E-state index contributed by atoms with van der Waals surface area (Å²) in [5.74, 6) is -0.529. The van der Waals surface area contributed by atoms with Crippen molar-refractivity contribution in [2.75, 3.05) is 25.6 Å². The largest absolute Gasteiger partial charge is 0.451 e. The van der Waals surface area contributed by atoms with Gasteiger partial charge in [-0.1, -0.05) is 6.42 Å². The van der Waals surface area contributed by atoms with Crippen LogP contribution in [0.5, 0.6) is 0 Å². The topological polar surface area (TPSA) is 87.0 Å². The van der Waals surface area contributed by atoms with Gasteiger partial charge in [-0.15, -0.1) is 12.6 Å². The number of hydrogen-bond donors (Lipinski definition) is 8. The SMILES string of the molecule is O=C(OC(S)CCCCCS)C(CCC(CO)(CO)CO)C(S)(S)S. The van der Waals surface area contributed by atoms with Crippen LogP contribution in [0.2, 0.25) is 0 Å². The molecule has 0 spiro atoms. The Hall–Kier alpha value is 1.10. The summed E-state index contributed by atoms with van der Waals surface area (Å²) < 4.78 is 4.11. The van der Waals surface area contributed by atoms with Gasteiger partial charge in [0.05, 0.1) is 25.7 Å². The molecule has 0 fully saturated rings. The Morgan fingerprint density at radius 2 is 1.52 bits per heavy atom. The van der Waals surface area contributed by atoms with E-state index in [1.807, 2.05) is 0 Å². The Bertz CT molecular complexity index is 366. The van der Waals surface area contributed by atoms with E-state index in [1.165, 1.54) is 0 Å². The second kappa shape index (κ2) is 13.3. The molecule has 0 bridgehead atoms. The van der Waals surface area contributed by atoms with Gasteiger partial charge in [0.25, 0.3) is 0 Å². The van der Waals surface area contributed by atoms with Crippen LogP contribution in [0.25, 0.3) is 0 Å². The second-order valence-electron chi connectivity index (χ2n) is 6.22. The maximum absolute atomic E-state index is 12.5. The minimum Gasteiger partial charge on any atom is -0.451 e. The van der Waals surface area contributed by atoms with Crippen LogP contribution in [0, 0.1) is 11.3 Å². The third-order valence-corrected chi connectivity index (χ3v) is 5.70. The van der Waals surface area contributed by atoms with Gasteiger partial charge in [0.2, 0.25) is 0 Å². The van der Waals surface area contributed by atoms with Crippen molar-refractivity contribution in [2.45, 2.75) is 47.4 Å². The fourth-order valence-electron chi connectivity index (χ4n) is 2.19. The summed E-state index contributed by atoms with van der Waals surface area (Å²) in [6, 6.07) is 0. The Morgan fingerprint density at radius 3 is 1.96 bits per heavy atom. The molecule has 0 aromatic carbocycles. The van der Waals surface area contributed by atoms with Crippen molar-refractivity contribution in [1.29, 1.82) is 0 Å². The predicted molar refractivity (Wildman–Crippen MR) is 117 cm³/mol. The number of esters is 1. The molecule has 0 aliphatic carbocycles. The Labute approximate surface area is 177 Å². The highest BCUT2D eigenvalue weighted by Crippen LogP contribution is 2.39. The summed E-state index contributed by atoms with van der Waals surface area (Å²) >= 11 is 21.1. The molecule has 0 aliphatic heterocycles. The van der Waals surface area contributed by atoms with Gasteiger partial charge in [-0.2, -0.15) is 50.5 Å². The summed E-state index contributed by atoms with van der Waals surface area (Å²) in [6.45, 7) is -1.21. The lowest BCUT2D eigenvalue weighted by Crippen LogP contribution is -2.38. The Kier molecular flexibility index (Phi) is 13.9. The van der Waals surface area contributed by atoms with Crippen LogP contribution in [0.15, 0.2) is 0 Å². The molecule has 0 radical (unpaired) electrons. The Balaban J connectivity index is 4.73. The van der Waals surface area contributed by atoms with E-state index in [0.29, 0.717) is 6.42 Å². The molecule has 3 N–H and O–H groups in total. The van der Waals surface area contributed by atoms with Crippen molar-refractivity contribution >= 4 is 69.1 Å². The molecule has 0 amide bonds. The maximum atomic E-state index is 12.5. The number of unbranched alkanes of at least 4 members (excludes halogenated alkanes) is 2. The summed E-state index contributed by atoms with van der Waals surface area (Å²) in [6.07, 6.45) is 3.88. The monoisotopic (exact) mass is 450 g/mol. The fourth-order valence-corrected chi connectivity index (χ4v) is 3.40. The van der Waals surface area contributed by atoms with Crippen molar-refractivity contribution in [1.82, 2.24) is 0 Å². The van der Waals surface area contributed by atoms with Gasteiger partial charge in [0.1, 0.15) is 8.85 Å². The lowest BCUT2D eigenvalue weighted by molar-refractivity contribution is -0.150. The number of thiol groups is 5. The fraction of sp³-hybridized carbons (Fsp3) is 0.933. The molecule has 0 aromatic rings. The van der Waals surface area contributed by atoms with E-state index in [9.17, 15) is 20.1 Å². The quantitative estimate of drug-likeness (QED) is 0.0899. The molecular weight excluding hydrogens is 420 g/mol. The van der Waals surface area contributed by atoms with E-state index in [0.717, 1.165) is 25.0 Å². The molecule has 0 rings (SSSR count). The zero-order valence-electron chi connectivity index (χ0n) is 14.1. The van der Waals surface area contributed by atoms with Crippen molar-refractivity contribution in [2.24, 2.45) is 11.3 Å². The molecule has 25 heavy (non-hydrogen) atoms. The van der Waals surface area contributed by atoms with Crippen molar-refractivity contribution in [3.8, 4) is 0 Å². The number of aliphatic hydroxyl groups is 3. The van der Waals surface area contributed by atoms with Gasteiger partial charge in [0, 0.05) is 5.41 Å². The molecule has 10 heteroatoms. The van der Waals surface area contributed by atoms with Crippen LogP contribution < -0.4 is 0 Å². The molecule has 0 aliphatic rings. The van der Waals surface area contributed by atoms with Crippen LogP contribution in [-0.4, -0.2) is 55.7 Å². The number of hydrogen-bond acceptors (Lipinski definition) is 10. The number of carbonyl (C=O) groups excluding carboxylic acids is 1. The molecule has 0 aromatic heterocycles. The second-order valence-corrected chi connectivity index (χ2v) is 10.4. The van der Waals surface area contributed by atoms with Gasteiger partial charge in [-0.05, 0) is 37.9 Å². The van der Waals surface area contributed by atoms with Crippen LogP contribution in [0.3, 0.4) is 0 Å². The number of aliphatic hydroxyl groups excluding tert-OH is 3. The zero-order valence-corrected chi connectivity index (χ0v) is 18.6. The maximum Gasteiger partial charge on any atom is 0.313 e. The first-order chi connectivity index (χ1) is 11.7. The average molecular weight is 451 g/mol. The van der Waals surface area contributed by atoms with Crippen LogP contribution in [0.4, 0.5) is 0 Å². The van der Waals surface area contributed by atoms with Crippen LogP contribution in [-0.2, 0) is 9.53 Å². The number of rotatable bonds is 14. The molecule has 0 saturated carbocycles. The highest BCUT2D eigenvalue weighted by molar-refractivity contribution is 8.17. The lowest BCUT2D eigenvalue weighted by Gasteiger charge is -2.32. The van der Waals surface area contributed by atoms with Crippen molar-refractivity contribution < 1.29 is 24.9 Å². The van der Waals surface area contributed by atoms with E-state index in [2.05, 4.69) is 63.1 Å². The van der Waals surface area contributed by atoms with Gasteiger partial charge < -0.3 is 20.1 Å². The van der Waals surface area contributed by atoms with Crippen LogP contribution in [0.1, 0.15) is 38.5 Å². The van der Waals surface area contributed by atoms with E-state index >= 15 is 0 Å². The predicted octanol–water partition coefficient (Wildman–Crippen LogP) is 2.08. The van der Waals surface area contributed by atoms with Crippen molar-refractivity contribution in [3.05, 3.63) is 0 Å². The third-order valence-electron chi connectivity index (χ3n) is 4.08. The molecule has 5 nitrogen and oxygen atoms in total. The average Bonchev–Trinajstić information content (AvgIpc) is 2.55. The first kappa shape index (κ1) is 26.1. The third kappa shape index (κ3) is 10.3. The summed E-state index contributed by atoms with van der Waals surface area (Å²) in [7, 11) is 0. The van der Waals surface area contributed by atoms with E-state index in [-0.39, 0.29) is 12.8 Å². The van der Waals surface area contributed by atoms with E-state index in [4.69, 9.17) is 4.74 Å². The van der Waals surface area contributed by atoms with E-state index < -0.39 is 46.0 Å². The molecule has 0 heterocycles. The summed E-state index contributed by atoms with van der Waals surface area (Å²) in [5.41, 5.74) is -1.61. The standard InChI is InChI=1S/C15H30O5S5/c16-8-14(9-17,10-18)6-5-11(15(23,24)25)13(19)20-12(22)4-2-1-3-7-21/h11-12,16-18,21-25H,1-10H2.